The first-order valence-electron chi connectivity index (χ1n) is 6.32. The lowest BCUT2D eigenvalue weighted by Crippen LogP contribution is -2.37. The Morgan fingerprint density at radius 2 is 2.05 bits per heavy atom. The molecule has 1 amide bonds. The molecule has 0 spiro atoms. The van der Waals surface area contributed by atoms with E-state index in [9.17, 15) is 9.18 Å². The van der Waals surface area contributed by atoms with Gasteiger partial charge in [-0.1, -0.05) is 12.1 Å². The highest BCUT2D eigenvalue weighted by Gasteiger charge is 2.43. The molecule has 2 rings (SSSR count). The lowest BCUT2D eigenvalue weighted by atomic mass is 10.1. The average molecular weight is 287 g/mol. The summed E-state index contributed by atoms with van der Waals surface area (Å²) < 4.78 is 12.8. The maximum absolute atomic E-state index is 12.8. The summed E-state index contributed by atoms with van der Waals surface area (Å²) in [5.74, 6) is 0.185. The third kappa shape index (κ3) is 4.18. The van der Waals surface area contributed by atoms with Crippen molar-refractivity contribution >= 4 is 18.3 Å². The van der Waals surface area contributed by atoms with Crippen molar-refractivity contribution in [2.24, 2.45) is 5.92 Å². The molecule has 0 aromatic heterocycles. The van der Waals surface area contributed by atoms with Crippen LogP contribution in [-0.4, -0.2) is 25.5 Å². The second kappa shape index (κ2) is 6.87. The zero-order valence-corrected chi connectivity index (χ0v) is 12.0. The minimum Gasteiger partial charge on any atom is -0.354 e. The molecule has 0 radical (unpaired) electrons. The molecule has 1 saturated carbocycles. The maximum atomic E-state index is 12.8. The number of hydrogen-bond donors (Lipinski definition) is 2. The van der Waals surface area contributed by atoms with Crippen LogP contribution >= 0.6 is 12.4 Å². The van der Waals surface area contributed by atoms with Crippen LogP contribution in [0, 0.1) is 11.7 Å². The summed E-state index contributed by atoms with van der Waals surface area (Å²) in [4.78, 5) is 11.9. The van der Waals surface area contributed by atoms with Crippen LogP contribution in [0.4, 0.5) is 4.39 Å². The van der Waals surface area contributed by atoms with Crippen LogP contribution in [0.1, 0.15) is 24.8 Å². The summed E-state index contributed by atoms with van der Waals surface area (Å²) >= 11 is 0. The molecule has 1 aromatic carbocycles. The van der Waals surface area contributed by atoms with E-state index < -0.39 is 0 Å². The van der Waals surface area contributed by atoms with Crippen molar-refractivity contribution in [3.8, 4) is 0 Å². The van der Waals surface area contributed by atoms with E-state index in [0.717, 1.165) is 12.0 Å². The quantitative estimate of drug-likeness (QED) is 0.870. The molecule has 1 aliphatic carbocycles. The largest absolute Gasteiger partial charge is 0.354 e. The second-order valence-corrected chi connectivity index (χ2v) is 4.94. The van der Waals surface area contributed by atoms with Gasteiger partial charge in [0, 0.05) is 18.5 Å². The van der Waals surface area contributed by atoms with Gasteiger partial charge in [-0.25, -0.2) is 4.39 Å². The topological polar surface area (TPSA) is 41.1 Å². The summed E-state index contributed by atoms with van der Waals surface area (Å²) in [6.07, 6.45) is 0.866. The zero-order chi connectivity index (χ0) is 13.1. The first-order chi connectivity index (χ1) is 8.61. The summed E-state index contributed by atoms with van der Waals surface area (Å²) in [5, 5.41) is 6.00. The van der Waals surface area contributed by atoms with Crippen LogP contribution in [0.2, 0.25) is 0 Å². The van der Waals surface area contributed by atoms with Gasteiger partial charge in [0.1, 0.15) is 5.82 Å². The van der Waals surface area contributed by atoms with Gasteiger partial charge in [-0.3, -0.25) is 4.79 Å². The van der Waals surface area contributed by atoms with Gasteiger partial charge in [0.2, 0.25) is 5.91 Å². The van der Waals surface area contributed by atoms with E-state index in [1.54, 1.807) is 12.1 Å². The van der Waals surface area contributed by atoms with Crippen LogP contribution in [0.15, 0.2) is 24.3 Å². The molecule has 19 heavy (non-hydrogen) atoms. The Bertz CT molecular complexity index is 424. The van der Waals surface area contributed by atoms with Crippen molar-refractivity contribution in [1.82, 2.24) is 10.6 Å². The number of likely N-dealkylation sites (N-methyl/N-ethyl adjacent to an activating group) is 1. The Hall–Kier alpha value is -1.13. The standard InChI is InChI=1S/C14H19FN2O.ClH/c1-9(16-2)8-17-14(18)13-7-12(13)10-3-5-11(15)6-4-10;/h3-6,9,12-13,16H,7-8H2,1-2H3,(H,17,18);1H. The highest BCUT2D eigenvalue weighted by molar-refractivity contribution is 5.85. The molecule has 1 aliphatic rings. The molecule has 0 bridgehead atoms. The monoisotopic (exact) mass is 286 g/mol. The van der Waals surface area contributed by atoms with Gasteiger partial charge >= 0.3 is 0 Å². The molecule has 5 heteroatoms. The number of carbonyl (C=O) groups is 1. The van der Waals surface area contributed by atoms with E-state index in [1.165, 1.54) is 12.1 Å². The van der Waals surface area contributed by atoms with Crippen molar-refractivity contribution in [3.05, 3.63) is 35.6 Å². The van der Waals surface area contributed by atoms with Crippen LogP contribution in [0.3, 0.4) is 0 Å². The fraction of sp³-hybridized carbons (Fsp3) is 0.500. The Morgan fingerprint density at radius 1 is 1.42 bits per heavy atom. The summed E-state index contributed by atoms with van der Waals surface area (Å²) in [5.41, 5.74) is 1.05. The Labute approximate surface area is 119 Å². The van der Waals surface area contributed by atoms with Gasteiger partial charge in [-0.05, 0) is 44.0 Å². The highest BCUT2D eigenvalue weighted by Crippen LogP contribution is 2.47. The van der Waals surface area contributed by atoms with Gasteiger partial charge in [0.15, 0.2) is 0 Å². The number of hydrogen-bond acceptors (Lipinski definition) is 2. The lowest BCUT2D eigenvalue weighted by Gasteiger charge is -2.11. The van der Waals surface area contributed by atoms with E-state index >= 15 is 0 Å². The Morgan fingerprint density at radius 3 is 2.63 bits per heavy atom. The van der Waals surface area contributed by atoms with Crippen molar-refractivity contribution in [1.29, 1.82) is 0 Å². The van der Waals surface area contributed by atoms with Crippen molar-refractivity contribution in [3.63, 3.8) is 0 Å². The van der Waals surface area contributed by atoms with Crippen LogP contribution < -0.4 is 10.6 Å². The van der Waals surface area contributed by atoms with E-state index in [0.29, 0.717) is 6.54 Å². The smallest absolute Gasteiger partial charge is 0.223 e. The highest BCUT2D eigenvalue weighted by atomic mass is 35.5. The second-order valence-electron chi connectivity index (χ2n) is 4.94. The number of halogens is 2. The molecule has 0 aliphatic heterocycles. The minimum absolute atomic E-state index is 0. The third-order valence-corrected chi connectivity index (χ3v) is 3.50. The third-order valence-electron chi connectivity index (χ3n) is 3.50. The van der Waals surface area contributed by atoms with E-state index in [2.05, 4.69) is 10.6 Å². The van der Waals surface area contributed by atoms with Gasteiger partial charge in [0.25, 0.3) is 0 Å². The summed E-state index contributed by atoms with van der Waals surface area (Å²) in [6, 6.07) is 6.71. The van der Waals surface area contributed by atoms with E-state index in [-0.39, 0.29) is 42.0 Å². The predicted octanol–water partition coefficient (Wildman–Crippen LogP) is 2.08. The fourth-order valence-electron chi connectivity index (χ4n) is 2.05. The Balaban J connectivity index is 0.00000180. The van der Waals surface area contributed by atoms with Crippen LogP contribution in [0.25, 0.3) is 0 Å². The molecule has 0 saturated heterocycles. The lowest BCUT2D eigenvalue weighted by molar-refractivity contribution is -0.122. The van der Waals surface area contributed by atoms with Crippen LogP contribution in [-0.2, 0) is 4.79 Å². The van der Waals surface area contributed by atoms with E-state index in [4.69, 9.17) is 0 Å². The molecule has 3 unspecified atom stereocenters. The fourth-order valence-corrected chi connectivity index (χ4v) is 2.05. The van der Waals surface area contributed by atoms with Crippen molar-refractivity contribution in [2.75, 3.05) is 13.6 Å². The van der Waals surface area contributed by atoms with Crippen molar-refractivity contribution < 1.29 is 9.18 Å². The molecule has 1 aromatic rings. The van der Waals surface area contributed by atoms with Gasteiger partial charge in [-0.2, -0.15) is 0 Å². The SMILES string of the molecule is CNC(C)CNC(=O)C1CC1c1ccc(F)cc1.Cl. The van der Waals surface area contributed by atoms with E-state index in [1.807, 2.05) is 14.0 Å². The molecule has 1 fully saturated rings. The molecule has 2 N–H and O–H groups in total. The summed E-state index contributed by atoms with van der Waals surface area (Å²) in [6.45, 7) is 2.66. The number of benzene rings is 1. The first-order valence-corrected chi connectivity index (χ1v) is 6.32. The maximum Gasteiger partial charge on any atom is 0.223 e. The molecular weight excluding hydrogens is 267 g/mol. The normalized spacial score (nSPS) is 22.3. The molecule has 106 valence electrons. The number of nitrogens with one attached hydrogen (secondary N) is 2. The van der Waals surface area contributed by atoms with Gasteiger partial charge in [-0.15, -0.1) is 12.4 Å². The number of carbonyl (C=O) groups excluding carboxylic acids is 1. The zero-order valence-electron chi connectivity index (χ0n) is 11.2. The average Bonchev–Trinajstić information content (AvgIpc) is 3.16. The molecule has 3 nitrogen and oxygen atoms in total. The molecule has 3 atom stereocenters. The van der Waals surface area contributed by atoms with Gasteiger partial charge < -0.3 is 10.6 Å². The first kappa shape index (κ1) is 15.9. The number of amides is 1. The Kier molecular flexibility index (Phi) is 5.76. The molecular formula is C14H20ClFN2O. The van der Waals surface area contributed by atoms with Gasteiger partial charge in [0.05, 0.1) is 0 Å². The molecule has 0 heterocycles. The minimum atomic E-state index is -0.233. The van der Waals surface area contributed by atoms with Crippen molar-refractivity contribution in [2.45, 2.75) is 25.3 Å². The summed E-state index contributed by atoms with van der Waals surface area (Å²) in [7, 11) is 1.87. The predicted molar refractivity (Wildman–Crippen MR) is 76.0 cm³/mol. The van der Waals surface area contributed by atoms with Crippen LogP contribution in [0.5, 0.6) is 0 Å². The number of rotatable bonds is 5.